The quantitative estimate of drug-likeness (QED) is 0.531. The van der Waals surface area contributed by atoms with Crippen molar-refractivity contribution < 1.29 is 13.7 Å². The standard InChI is InChI=1S/C22H22N4O3/c1-14-4-6-17(7-5-14)12-26-13-18(11-23-26)24-22(27)21-9-8-19(28-21)10-20-15(2)25-29-16(20)3/h4-9,11,13H,10,12H2,1-3H3,(H,24,27). The number of carbonyl (C=O) groups excluding carboxylic acids is 1. The number of amides is 1. The lowest BCUT2D eigenvalue weighted by molar-refractivity contribution is 0.0995. The second kappa shape index (κ2) is 7.79. The van der Waals surface area contributed by atoms with Gasteiger partial charge in [-0.15, -0.1) is 0 Å². The van der Waals surface area contributed by atoms with E-state index in [9.17, 15) is 4.79 Å². The summed E-state index contributed by atoms with van der Waals surface area (Å²) >= 11 is 0. The van der Waals surface area contributed by atoms with Gasteiger partial charge in [0.25, 0.3) is 5.91 Å². The summed E-state index contributed by atoms with van der Waals surface area (Å²) < 4.78 is 12.7. The van der Waals surface area contributed by atoms with Crippen LogP contribution in [0.3, 0.4) is 0 Å². The Hall–Kier alpha value is -3.61. The van der Waals surface area contributed by atoms with Crippen LogP contribution in [0.5, 0.6) is 0 Å². The first-order valence-corrected chi connectivity index (χ1v) is 9.38. The van der Waals surface area contributed by atoms with Crippen LogP contribution in [0.4, 0.5) is 5.69 Å². The molecule has 4 aromatic rings. The van der Waals surface area contributed by atoms with E-state index in [-0.39, 0.29) is 11.7 Å². The highest BCUT2D eigenvalue weighted by Crippen LogP contribution is 2.20. The van der Waals surface area contributed by atoms with E-state index in [1.165, 1.54) is 5.56 Å². The topological polar surface area (TPSA) is 86.1 Å². The fourth-order valence-electron chi connectivity index (χ4n) is 3.11. The van der Waals surface area contributed by atoms with E-state index >= 15 is 0 Å². The van der Waals surface area contributed by atoms with E-state index in [0.29, 0.717) is 24.4 Å². The van der Waals surface area contributed by atoms with E-state index in [2.05, 4.69) is 46.8 Å². The van der Waals surface area contributed by atoms with Gasteiger partial charge in [0.1, 0.15) is 11.5 Å². The normalized spacial score (nSPS) is 11.0. The molecule has 0 radical (unpaired) electrons. The van der Waals surface area contributed by atoms with Crippen molar-refractivity contribution in [1.82, 2.24) is 14.9 Å². The average Bonchev–Trinajstić information content (AvgIpc) is 3.41. The van der Waals surface area contributed by atoms with Crippen LogP contribution >= 0.6 is 0 Å². The highest BCUT2D eigenvalue weighted by Gasteiger charge is 2.16. The fourth-order valence-corrected chi connectivity index (χ4v) is 3.11. The molecule has 7 nitrogen and oxygen atoms in total. The zero-order valence-corrected chi connectivity index (χ0v) is 16.6. The van der Waals surface area contributed by atoms with Crippen molar-refractivity contribution in [3.63, 3.8) is 0 Å². The van der Waals surface area contributed by atoms with Crippen LogP contribution in [-0.2, 0) is 13.0 Å². The van der Waals surface area contributed by atoms with Crippen LogP contribution in [0.2, 0.25) is 0 Å². The molecule has 148 valence electrons. The van der Waals surface area contributed by atoms with Crippen LogP contribution < -0.4 is 5.32 Å². The smallest absolute Gasteiger partial charge is 0.291 e. The molecule has 29 heavy (non-hydrogen) atoms. The van der Waals surface area contributed by atoms with Gasteiger partial charge in [-0.25, -0.2) is 0 Å². The number of carbonyl (C=O) groups is 1. The van der Waals surface area contributed by atoms with Gasteiger partial charge in [0.2, 0.25) is 0 Å². The van der Waals surface area contributed by atoms with Crippen LogP contribution in [0, 0.1) is 20.8 Å². The number of aryl methyl sites for hydroxylation is 3. The van der Waals surface area contributed by atoms with Crippen molar-refractivity contribution in [3.05, 3.63) is 88.5 Å². The highest BCUT2D eigenvalue weighted by molar-refractivity contribution is 6.02. The molecule has 1 N–H and O–H groups in total. The Morgan fingerprint density at radius 2 is 1.90 bits per heavy atom. The average molecular weight is 390 g/mol. The molecule has 1 amide bonds. The molecule has 0 aliphatic rings. The molecule has 0 spiro atoms. The molecule has 0 bridgehead atoms. The first kappa shape index (κ1) is 18.7. The maximum absolute atomic E-state index is 12.5. The monoisotopic (exact) mass is 390 g/mol. The van der Waals surface area contributed by atoms with Crippen molar-refractivity contribution in [3.8, 4) is 0 Å². The van der Waals surface area contributed by atoms with Gasteiger partial charge in [0.15, 0.2) is 5.76 Å². The van der Waals surface area contributed by atoms with Gasteiger partial charge in [0.05, 0.1) is 24.1 Å². The number of aromatic nitrogens is 3. The van der Waals surface area contributed by atoms with Crippen molar-refractivity contribution in [2.75, 3.05) is 5.32 Å². The third-order valence-electron chi connectivity index (χ3n) is 4.77. The Bertz CT molecular complexity index is 1120. The van der Waals surface area contributed by atoms with Gasteiger partial charge in [0, 0.05) is 18.2 Å². The molecule has 0 fully saturated rings. The molecule has 3 heterocycles. The Morgan fingerprint density at radius 3 is 2.62 bits per heavy atom. The van der Waals surface area contributed by atoms with E-state index in [1.54, 1.807) is 29.2 Å². The predicted molar refractivity (Wildman–Crippen MR) is 108 cm³/mol. The van der Waals surface area contributed by atoms with Crippen molar-refractivity contribution in [2.45, 2.75) is 33.7 Å². The van der Waals surface area contributed by atoms with Crippen LogP contribution in [0.15, 0.2) is 57.7 Å². The van der Waals surface area contributed by atoms with E-state index < -0.39 is 0 Å². The van der Waals surface area contributed by atoms with Gasteiger partial charge < -0.3 is 14.3 Å². The second-order valence-corrected chi connectivity index (χ2v) is 7.11. The number of nitrogens with zero attached hydrogens (tertiary/aromatic N) is 3. The zero-order valence-electron chi connectivity index (χ0n) is 16.6. The lowest BCUT2D eigenvalue weighted by atomic mass is 10.1. The third kappa shape index (κ3) is 4.29. The number of benzene rings is 1. The summed E-state index contributed by atoms with van der Waals surface area (Å²) in [4.78, 5) is 12.5. The summed E-state index contributed by atoms with van der Waals surface area (Å²) in [6.45, 7) is 6.44. The highest BCUT2D eigenvalue weighted by atomic mass is 16.5. The Morgan fingerprint density at radius 1 is 1.10 bits per heavy atom. The lowest BCUT2D eigenvalue weighted by Gasteiger charge is -2.02. The Labute approximate surface area is 168 Å². The van der Waals surface area contributed by atoms with Crippen LogP contribution in [-0.4, -0.2) is 20.8 Å². The Kier molecular flexibility index (Phi) is 5.03. The molecular formula is C22H22N4O3. The molecule has 0 atom stereocenters. The molecule has 3 aromatic heterocycles. The molecular weight excluding hydrogens is 368 g/mol. The molecule has 0 aliphatic carbocycles. The molecule has 4 rings (SSSR count). The van der Waals surface area contributed by atoms with Gasteiger partial charge in [-0.05, 0) is 38.5 Å². The summed E-state index contributed by atoms with van der Waals surface area (Å²) in [5.41, 5.74) is 4.78. The first-order valence-electron chi connectivity index (χ1n) is 9.38. The van der Waals surface area contributed by atoms with Crippen molar-refractivity contribution in [2.24, 2.45) is 0 Å². The number of hydrogen-bond acceptors (Lipinski definition) is 5. The van der Waals surface area contributed by atoms with E-state index in [0.717, 1.165) is 22.6 Å². The van der Waals surface area contributed by atoms with Crippen molar-refractivity contribution >= 4 is 11.6 Å². The maximum atomic E-state index is 12.5. The fraction of sp³-hybridized carbons (Fsp3) is 0.227. The summed E-state index contributed by atoms with van der Waals surface area (Å²) in [5.74, 6) is 1.37. The molecule has 7 heteroatoms. The van der Waals surface area contributed by atoms with Crippen LogP contribution in [0.25, 0.3) is 0 Å². The third-order valence-corrected chi connectivity index (χ3v) is 4.77. The minimum Gasteiger partial charge on any atom is -0.456 e. The number of furan rings is 1. The number of anilines is 1. The summed E-state index contributed by atoms with van der Waals surface area (Å²) in [6, 6.07) is 11.7. The minimum atomic E-state index is -0.315. The van der Waals surface area contributed by atoms with E-state index in [4.69, 9.17) is 8.94 Å². The number of nitrogens with one attached hydrogen (secondary N) is 1. The van der Waals surface area contributed by atoms with Gasteiger partial charge >= 0.3 is 0 Å². The SMILES string of the molecule is Cc1ccc(Cn2cc(NC(=O)c3ccc(Cc4c(C)noc4C)o3)cn2)cc1. The molecule has 1 aromatic carbocycles. The lowest BCUT2D eigenvalue weighted by Crippen LogP contribution is -2.10. The predicted octanol–water partition coefficient (Wildman–Crippen LogP) is 4.28. The molecule has 0 unspecified atom stereocenters. The van der Waals surface area contributed by atoms with E-state index in [1.807, 2.05) is 13.8 Å². The largest absolute Gasteiger partial charge is 0.456 e. The van der Waals surface area contributed by atoms with Crippen molar-refractivity contribution in [1.29, 1.82) is 0 Å². The molecule has 0 saturated heterocycles. The van der Waals surface area contributed by atoms with Gasteiger partial charge in [-0.2, -0.15) is 5.10 Å². The number of hydrogen-bond donors (Lipinski definition) is 1. The summed E-state index contributed by atoms with van der Waals surface area (Å²) in [7, 11) is 0. The summed E-state index contributed by atoms with van der Waals surface area (Å²) in [5, 5.41) is 11.1. The second-order valence-electron chi connectivity index (χ2n) is 7.11. The van der Waals surface area contributed by atoms with Gasteiger partial charge in [-0.1, -0.05) is 35.0 Å². The minimum absolute atomic E-state index is 0.248. The summed E-state index contributed by atoms with van der Waals surface area (Å²) in [6.07, 6.45) is 3.95. The zero-order chi connectivity index (χ0) is 20.4. The maximum Gasteiger partial charge on any atom is 0.291 e. The Balaban J connectivity index is 1.39. The molecule has 0 aliphatic heterocycles. The van der Waals surface area contributed by atoms with Crippen LogP contribution in [0.1, 0.15) is 44.5 Å². The molecule has 0 saturated carbocycles. The van der Waals surface area contributed by atoms with Gasteiger partial charge in [-0.3, -0.25) is 9.48 Å². The first-order chi connectivity index (χ1) is 14.0. The number of rotatable bonds is 6.